The second-order valence-corrected chi connectivity index (χ2v) is 12.0. The molecular weight excluding hydrogens is 608 g/mol. The maximum absolute atomic E-state index is 16.3. The van der Waals surface area contributed by atoms with Crippen LogP contribution in [0, 0.1) is 0 Å². The summed E-state index contributed by atoms with van der Waals surface area (Å²) in [5.74, 6) is -0.388. The van der Waals surface area contributed by atoms with Gasteiger partial charge in [0.25, 0.3) is 0 Å². The topological polar surface area (TPSA) is 84.5 Å². The molecule has 1 amide bonds. The van der Waals surface area contributed by atoms with E-state index < -0.39 is 39.3 Å². The number of benzene rings is 4. The van der Waals surface area contributed by atoms with Crippen LogP contribution in [0.4, 0.5) is 4.39 Å². The van der Waals surface area contributed by atoms with Gasteiger partial charge in [-0.05, 0) is 22.3 Å². The molecule has 242 valence electrons. The number of hydrogen-bond acceptors (Lipinski definition) is 7. The molecule has 1 N–H and O–H groups in total. The van der Waals surface area contributed by atoms with Gasteiger partial charge < -0.3 is 28.6 Å². The van der Waals surface area contributed by atoms with Crippen molar-refractivity contribution in [1.29, 1.82) is 0 Å². The van der Waals surface area contributed by atoms with Crippen molar-refractivity contribution in [2.24, 2.45) is 0 Å². The van der Waals surface area contributed by atoms with Gasteiger partial charge in [0.05, 0.1) is 33.0 Å². The molecule has 1 aliphatic heterocycles. The van der Waals surface area contributed by atoms with Gasteiger partial charge in [0.1, 0.15) is 18.2 Å². The van der Waals surface area contributed by atoms with Crippen LogP contribution in [0.3, 0.4) is 0 Å². The van der Waals surface area contributed by atoms with Crippen LogP contribution in [0.5, 0.6) is 0 Å². The van der Waals surface area contributed by atoms with E-state index in [1.54, 1.807) is 0 Å². The standard InChI is InChI=1S/C36H39FNO7P/c1-27(39)38-34-35(41-23-29-16-8-3-9-17-29)33(37)32(26-40-22-28-14-6-2-7-15-28)44-36(34)45-46(42-24-30-18-10-4-11-19-30)43-25-31-20-12-5-13-21-31/h2-21,32-36H,22-26H2,1H3,(H,38,39)/t32-,33-,34-,35+,36-/m1/s1. The Balaban J connectivity index is 1.36. The fraction of sp³-hybridized carbons (Fsp3) is 0.306. The monoisotopic (exact) mass is 647 g/mol. The molecule has 0 spiro atoms. The molecule has 46 heavy (non-hydrogen) atoms. The summed E-state index contributed by atoms with van der Waals surface area (Å²) in [6, 6.07) is 37.3. The van der Waals surface area contributed by atoms with Gasteiger partial charge in [0.15, 0.2) is 12.5 Å². The molecule has 5 rings (SSSR count). The lowest BCUT2D eigenvalue weighted by Crippen LogP contribution is -2.64. The summed E-state index contributed by atoms with van der Waals surface area (Å²) in [6.07, 6.45) is -4.98. The maximum atomic E-state index is 16.3. The molecule has 10 heteroatoms. The Bertz CT molecular complexity index is 1390. The minimum absolute atomic E-state index is 0.0679. The van der Waals surface area contributed by atoms with Gasteiger partial charge in [0, 0.05) is 6.92 Å². The number of carbonyl (C=O) groups excluding carboxylic acids is 1. The van der Waals surface area contributed by atoms with Gasteiger partial charge in [-0.2, -0.15) is 0 Å². The van der Waals surface area contributed by atoms with E-state index in [-0.39, 0.29) is 38.9 Å². The van der Waals surface area contributed by atoms with Crippen molar-refractivity contribution in [1.82, 2.24) is 5.32 Å². The van der Waals surface area contributed by atoms with Gasteiger partial charge in [-0.3, -0.25) is 9.32 Å². The largest absolute Gasteiger partial charge is 0.374 e. The summed E-state index contributed by atoms with van der Waals surface area (Å²) >= 11 is 0. The molecule has 0 aromatic heterocycles. The van der Waals surface area contributed by atoms with Crippen LogP contribution in [-0.2, 0) is 59.0 Å². The first kappa shape index (κ1) is 33.8. The summed E-state index contributed by atoms with van der Waals surface area (Å²) in [4.78, 5) is 12.4. The normalized spacial score (nSPS) is 21.2. The van der Waals surface area contributed by atoms with Crippen molar-refractivity contribution >= 4 is 14.5 Å². The van der Waals surface area contributed by atoms with Crippen molar-refractivity contribution in [2.75, 3.05) is 6.61 Å². The Kier molecular flexibility index (Phi) is 13.2. The fourth-order valence-corrected chi connectivity index (χ4v) is 5.97. The van der Waals surface area contributed by atoms with E-state index >= 15 is 4.39 Å². The summed E-state index contributed by atoms with van der Waals surface area (Å²) in [7, 11) is -2.03. The Morgan fingerprint density at radius 2 is 1.17 bits per heavy atom. The average Bonchev–Trinajstić information content (AvgIpc) is 3.09. The fourth-order valence-electron chi connectivity index (χ4n) is 4.92. The van der Waals surface area contributed by atoms with Crippen LogP contribution in [0.15, 0.2) is 121 Å². The lowest BCUT2D eigenvalue weighted by Gasteiger charge is -2.43. The highest BCUT2D eigenvalue weighted by Crippen LogP contribution is 2.45. The minimum Gasteiger partial charge on any atom is -0.374 e. The molecule has 0 unspecified atom stereocenters. The van der Waals surface area contributed by atoms with Gasteiger partial charge in [-0.1, -0.05) is 121 Å². The van der Waals surface area contributed by atoms with E-state index in [0.717, 1.165) is 22.3 Å². The zero-order valence-electron chi connectivity index (χ0n) is 25.7. The smallest absolute Gasteiger partial charge is 0.335 e. The third-order valence-corrected chi connectivity index (χ3v) is 8.28. The van der Waals surface area contributed by atoms with Crippen molar-refractivity contribution < 1.29 is 37.0 Å². The Hall–Kier alpha value is -3.53. The summed E-state index contributed by atoms with van der Waals surface area (Å²) < 4.78 is 53.2. The SMILES string of the molecule is CC(=O)N[C@H]1[C@@H](OP(OCc2ccccc2)OCc2ccccc2)O[C@H](COCc2ccccc2)[C@@H](F)[C@@H]1OCc1ccccc1. The molecule has 8 nitrogen and oxygen atoms in total. The lowest BCUT2D eigenvalue weighted by atomic mass is 9.97. The lowest BCUT2D eigenvalue weighted by molar-refractivity contribution is -0.247. The van der Waals surface area contributed by atoms with Crippen LogP contribution in [0.2, 0.25) is 0 Å². The quantitative estimate of drug-likeness (QED) is 0.131. The number of rotatable bonds is 16. The van der Waals surface area contributed by atoms with Gasteiger partial charge >= 0.3 is 8.60 Å². The van der Waals surface area contributed by atoms with Crippen LogP contribution < -0.4 is 5.32 Å². The zero-order chi connectivity index (χ0) is 32.0. The Labute approximate surface area is 270 Å². The highest BCUT2D eigenvalue weighted by atomic mass is 31.2. The van der Waals surface area contributed by atoms with E-state index in [1.807, 2.05) is 121 Å². The molecule has 4 aromatic rings. The van der Waals surface area contributed by atoms with E-state index in [2.05, 4.69) is 5.32 Å². The molecule has 0 radical (unpaired) electrons. The Morgan fingerprint density at radius 1 is 0.717 bits per heavy atom. The third-order valence-electron chi connectivity index (χ3n) is 7.22. The molecule has 1 aliphatic rings. The minimum atomic E-state index is -2.03. The van der Waals surface area contributed by atoms with Crippen molar-refractivity contribution in [3.63, 3.8) is 0 Å². The predicted octanol–water partition coefficient (Wildman–Crippen LogP) is 7.03. The number of alkyl halides is 1. The van der Waals surface area contributed by atoms with E-state index in [9.17, 15) is 4.79 Å². The number of carbonyl (C=O) groups is 1. The molecule has 1 heterocycles. The van der Waals surface area contributed by atoms with Crippen LogP contribution >= 0.6 is 8.60 Å². The highest BCUT2D eigenvalue weighted by Gasteiger charge is 2.49. The number of amides is 1. The molecule has 1 fully saturated rings. The second kappa shape index (κ2) is 18.0. The van der Waals surface area contributed by atoms with Gasteiger partial charge in [-0.25, -0.2) is 4.39 Å². The van der Waals surface area contributed by atoms with Crippen LogP contribution in [0.25, 0.3) is 0 Å². The van der Waals surface area contributed by atoms with E-state index in [0.29, 0.717) is 0 Å². The number of halogens is 1. The molecule has 4 aromatic carbocycles. The molecular formula is C36H39FNO7P. The van der Waals surface area contributed by atoms with E-state index in [1.165, 1.54) is 6.92 Å². The van der Waals surface area contributed by atoms with Crippen molar-refractivity contribution in [3.8, 4) is 0 Å². The number of hydrogen-bond donors (Lipinski definition) is 1. The third kappa shape index (κ3) is 10.5. The van der Waals surface area contributed by atoms with Gasteiger partial charge in [-0.15, -0.1) is 0 Å². The average molecular weight is 648 g/mol. The first-order valence-corrected chi connectivity index (χ1v) is 16.3. The first-order chi connectivity index (χ1) is 22.5. The van der Waals surface area contributed by atoms with Gasteiger partial charge in [0.2, 0.25) is 5.91 Å². The second-order valence-electron chi connectivity index (χ2n) is 10.8. The molecule has 0 bridgehead atoms. The van der Waals surface area contributed by atoms with Crippen LogP contribution in [0.1, 0.15) is 29.2 Å². The molecule has 0 saturated carbocycles. The highest BCUT2D eigenvalue weighted by molar-refractivity contribution is 7.41. The van der Waals surface area contributed by atoms with E-state index in [4.69, 9.17) is 27.8 Å². The van der Waals surface area contributed by atoms with Crippen LogP contribution in [-0.4, -0.2) is 43.2 Å². The Morgan fingerprint density at radius 3 is 1.65 bits per heavy atom. The first-order valence-electron chi connectivity index (χ1n) is 15.2. The summed E-state index contributed by atoms with van der Waals surface area (Å²) in [6.45, 7) is 2.10. The predicted molar refractivity (Wildman–Crippen MR) is 173 cm³/mol. The zero-order valence-corrected chi connectivity index (χ0v) is 26.5. The maximum Gasteiger partial charge on any atom is 0.335 e. The summed E-state index contributed by atoms with van der Waals surface area (Å²) in [5.41, 5.74) is 3.65. The molecule has 1 saturated heterocycles. The number of nitrogens with one attached hydrogen (secondary N) is 1. The van der Waals surface area contributed by atoms with Crippen molar-refractivity contribution in [2.45, 2.75) is 64.1 Å². The summed E-state index contributed by atoms with van der Waals surface area (Å²) in [5, 5.41) is 2.81. The van der Waals surface area contributed by atoms with Crippen molar-refractivity contribution in [3.05, 3.63) is 144 Å². The number of ether oxygens (including phenoxy) is 3. The molecule has 0 aliphatic carbocycles. The molecule has 5 atom stereocenters.